The second-order valence-corrected chi connectivity index (χ2v) is 9.18. The van der Waals surface area contributed by atoms with E-state index in [1.54, 1.807) is 6.07 Å². The van der Waals surface area contributed by atoms with Crippen molar-refractivity contribution in [3.05, 3.63) is 53.5 Å². The molecule has 0 saturated carbocycles. The van der Waals surface area contributed by atoms with Crippen molar-refractivity contribution in [1.29, 1.82) is 0 Å². The van der Waals surface area contributed by atoms with Crippen LogP contribution in [0, 0.1) is 5.82 Å². The molecule has 0 amide bonds. The van der Waals surface area contributed by atoms with Crippen molar-refractivity contribution in [2.24, 2.45) is 0 Å². The normalized spacial score (nSPS) is 13.7. The van der Waals surface area contributed by atoms with Crippen LogP contribution in [0.25, 0.3) is 27.9 Å². The number of hydrogen-bond donors (Lipinski definition) is 2. The van der Waals surface area contributed by atoms with Gasteiger partial charge in [-0.1, -0.05) is 0 Å². The van der Waals surface area contributed by atoms with Gasteiger partial charge < -0.3 is 4.72 Å². The van der Waals surface area contributed by atoms with Crippen molar-refractivity contribution < 1.29 is 12.8 Å². The van der Waals surface area contributed by atoms with E-state index in [1.165, 1.54) is 24.1 Å². The topological polar surface area (TPSA) is 71.1 Å². The molecule has 8 heteroatoms. The minimum Gasteiger partial charge on any atom is -0.332 e. The van der Waals surface area contributed by atoms with Crippen molar-refractivity contribution in [3.63, 3.8) is 0 Å². The number of sulfonamides is 1. The average molecular weight is 404 g/mol. The molecule has 2 N–H and O–H groups in total. The number of aryl methyl sites for hydroxylation is 1. The molecule has 27 heavy (non-hydrogen) atoms. The predicted molar refractivity (Wildman–Crippen MR) is 108 cm³/mol. The quantitative estimate of drug-likeness (QED) is 0.387. The largest absolute Gasteiger partial charge is 0.332 e. The van der Waals surface area contributed by atoms with Gasteiger partial charge in [-0.25, -0.2) is 22.5 Å². The highest BCUT2D eigenvalue weighted by Gasteiger charge is 2.16. The number of benzene rings is 2. The van der Waals surface area contributed by atoms with Crippen molar-refractivity contribution in [3.8, 4) is 0 Å². The van der Waals surface area contributed by atoms with Crippen LogP contribution in [0.5, 0.6) is 0 Å². The number of halogens is 1. The summed E-state index contributed by atoms with van der Waals surface area (Å²) in [5.74, 6) is -0.315. The molecule has 2 heterocycles. The molecule has 3 aromatic rings. The van der Waals surface area contributed by atoms with Crippen LogP contribution in [-0.2, 0) is 16.4 Å². The molecule has 140 valence electrons. The molecular weight excluding hydrogens is 385 g/mol. The summed E-state index contributed by atoms with van der Waals surface area (Å²) < 4.78 is 41.8. The highest BCUT2D eigenvalue weighted by atomic mass is 32.2. The van der Waals surface area contributed by atoms with Crippen LogP contribution in [0.2, 0.25) is 0 Å². The lowest BCUT2D eigenvalue weighted by atomic mass is 9.99. The molecule has 0 radical (unpaired) electrons. The molecule has 0 spiro atoms. The first-order valence-corrected chi connectivity index (χ1v) is 11.2. The molecule has 2 aromatic carbocycles. The van der Waals surface area contributed by atoms with Crippen LogP contribution in [-0.4, -0.2) is 26.2 Å². The fraction of sp³-hybridized carbons (Fsp3) is 0.211. The van der Waals surface area contributed by atoms with Gasteiger partial charge in [0.15, 0.2) is 0 Å². The molecule has 0 unspecified atom stereocenters. The Morgan fingerprint density at radius 2 is 2.11 bits per heavy atom. The van der Waals surface area contributed by atoms with Gasteiger partial charge in [0, 0.05) is 34.5 Å². The zero-order valence-electron chi connectivity index (χ0n) is 14.6. The minimum absolute atomic E-state index is 0.315. The highest BCUT2D eigenvalue weighted by Crippen LogP contribution is 2.36. The number of nitrogens with one attached hydrogen (secondary N) is 2. The number of nitrogens with zero attached hydrogens (tertiary/aromatic N) is 1. The van der Waals surface area contributed by atoms with E-state index in [2.05, 4.69) is 15.5 Å². The van der Waals surface area contributed by atoms with Gasteiger partial charge >= 0.3 is 0 Å². The van der Waals surface area contributed by atoms with E-state index in [-0.39, 0.29) is 5.82 Å². The van der Waals surface area contributed by atoms with Crippen LogP contribution < -0.4 is 9.44 Å². The Balaban J connectivity index is 1.80. The van der Waals surface area contributed by atoms with Crippen LogP contribution in [0.3, 0.4) is 0 Å². The number of fused-ring (bicyclic) bond motifs is 4. The number of hydrogen-bond acceptors (Lipinski definition) is 5. The fourth-order valence-corrected chi connectivity index (χ4v) is 4.50. The molecule has 1 aliphatic heterocycles. The van der Waals surface area contributed by atoms with Crippen molar-refractivity contribution in [2.45, 2.75) is 17.7 Å². The molecule has 4 rings (SSSR count). The van der Waals surface area contributed by atoms with Crippen LogP contribution in [0.15, 0.2) is 41.4 Å². The van der Waals surface area contributed by atoms with Gasteiger partial charge in [0.25, 0.3) is 0 Å². The second kappa shape index (κ2) is 7.10. The third-order valence-corrected chi connectivity index (χ3v) is 6.04. The van der Waals surface area contributed by atoms with Crippen molar-refractivity contribution >= 4 is 49.9 Å². The monoisotopic (exact) mass is 403 g/mol. The van der Waals surface area contributed by atoms with Crippen LogP contribution in [0.1, 0.15) is 17.5 Å². The first-order valence-electron chi connectivity index (χ1n) is 8.50. The third-order valence-electron chi connectivity index (χ3n) is 4.40. The Morgan fingerprint density at radius 1 is 1.26 bits per heavy atom. The van der Waals surface area contributed by atoms with E-state index in [4.69, 9.17) is 4.98 Å². The smallest absolute Gasteiger partial charge is 0.208 e. The van der Waals surface area contributed by atoms with Gasteiger partial charge in [0.2, 0.25) is 10.0 Å². The average Bonchev–Trinajstić information content (AvgIpc) is 2.63. The summed E-state index contributed by atoms with van der Waals surface area (Å²) in [7, 11) is -3.20. The van der Waals surface area contributed by atoms with E-state index in [9.17, 15) is 12.8 Å². The molecule has 0 aliphatic carbocycles. The first-order chi connectivity index (χ1) is 12.9. The second-order valence-electron chi connectivity index (χ2n) is 6.50. The van der Waals surface area contributed by atoms with Crippen molar-refractivity contribution in [1.82, 2.24) is 14.4 Å². The maximum atomic E-state index is 13.6. The predicted octanol–water partition coefficient (Wildman–Crippen LogP) is 3.59. The molecule has 1 aromatic heterocycles. The molecule has 0 atom stereocenters. The Labute approximate surface area is 161 Å². The summed E-state index contributed by atoms with van der Waals surface area (Å²) in [5, 5.41) is 1.90. The number of aromatic nitrogens is 1. The summed E-state index contributed by atoms with van der Waals surface area (Å²) in [6, 6.07) is 8.74. The lowest BCUT2D eigenvalue weighted by molar-refractivity contribution is 0.585. The Kier molecular flexibility index (Phi) is 4.79. The molecule has 0 saturated heterocycles. The summed E-state index contributed by atoms with van der Waals surface area (Å²) in [4.78, 5) is 5.82. The lowest BCUT2D eigenvalue weighted by Crippen LogP contribution is -2.23. The maximum absolute atomic E-state index is 13.6. The Morgan fingerprint density at radius 3 is 2.93 bits per heavy atom. The fourth-order valence-electron chi connectivity index (χ4n) is 3.22. The maximum Gasteiger partial charge on any atom is 0.208 e. The Bertz CT molecular complexity index is 1180. The Hall–Kier alpha value is -2.16. The summed E-state index contributed by atoms with van der Waals surface area (Å²) in [6.45, 7) is 0.367. The van der Waals surface area contributed by atoms with Crippen LogP contribution in [0.4, 0.5) is 4.39 Å². The number of rotatable bonds is 5. The van der Waals surface area contributed by atoms with Gasteiger partial charge in [-0.3, -0.25) is 0 Å². The molecule has 0 fully saturated rings. The van der Waals surface area contributed by atoms with Gasteiger partial charge in [-0.2, -0.15) is 0 Å². The minimum atomic E-state index is -3.20. The standard InChI is InChI=1S/C19H18FN3O2S2/c1-27(24,25)22-7-2-3-13-9-14-6-8-21-26-19(14)16-10-12-4-5-15(20)11-17(12)23-18(13)16/h4-6,8-11,21-22H,2-3,7H2,1H3. The molecule has 0 bridgehead atoms. The van der Waals surface area contributed by atoms with E-state index < -0.39 is 10.0 Å². The SMILES string of the molecule is CS(=O)(=O)NCCCc1cc2c(c3cc4ccc(F)cc4nc13)SNC=C2. The van der Waals surface area contributed by atoms with Gasteiger partial charge in [0.1, 0.15) is 5.82 Å². The van der Waals surface area contributed by atoms with Gasteiger partial charge in [-0.15, -0.1) is 0 Å². The van der Waals surface area contributed by atoms with E-state index in [1.807, 2.05) is 18.3 Å². The highest BCUT2D eigenvalue weighted by molar-refractivity contribution is 7.97. The third kappa shape index (κ3) is 3.92. The van der Waals surface area contributed by atoms with Crippen molar-refractivity contribution in [2.75, 3.05) is 12.8 Å². The summed E-state index contributed by atoms with van der Waals surface area (Å²) >= 11 is 1.53. The van der Waals surface area contributed by atoms with Crippen LogP contribution >= 0.6 is 11.9 Å². The van der Waals surface area contributed by atoms with E-state index in [0.717, 1.165) is 38.6 Å². The van der Waals surface area contributed by atoms with Gasteiger partial charge in [0.05, 0.1) is 17.3 Å². The zero-order valence-corrected chi connectivity index (χ0v) is 16.3. The van der Waals surface area contributed by atoms with E-state index in [0.29, 0.717) is 24.9 Å². The molecule has 1 aliphatic rings. The first kappa shape index (κ1) is 18.2. The molecule has 5 nitrogen and oxygen atoms in total. The summed E-state index contributed by atoms with van der Waals surface area (Å²) in [6.07, 6.45) is 6.37. The van der Waals surface area contributed by atoms with Gasteiger partial charge in [-0.05, 0) is 66.3 Å². The lowest BCUT2D eigenvalue weighted by Gasteiger charge is -2.17. The molecular formula is C19H18FN3O2S2. The summed E-state index contributed by atoms with van der Waals surface area (Å²) in [5.41, 5.74) is 3.57. The van der Waals surface area contributed by atoms with E-state index >= 15 is 0 Å². The zero-order chi connectivity index (χ0) is 19.0. The number of pyridine rings is 1.